The number of hydrogen-bond donors (Lipinski definition) is 2. The lowest BCUT2D eigenvalue weighted by Gasteiger charge is -2.23. The first-order valence-corrected chi connectivity index (χ1v) is 7.60. The molecule has 110 valence electrons. The Morgan fingerprint density at radius 3 is 2.71 bits per heavy atom. The normalized spacial score (nSPS) is 20.0. The molecule has 1 saturated heterocycles. The Morgan fingerprint density at radius 2 is 2.00 bits per heavy atom. The summed E-state index contributed by atoms with van der Waals surface area (Å²) in [5, 5.41) is 7.70. The minimum absolute atomic E-state index is 0.114. The molecule has 1 aliphatic carbocycles. The lowest BCUT2D eigenvalue weighted by atomic mass is 9.94. The van der Waals surface area contributed by atoms with Crippen molar-refractivity contribution in [3.8, 4) is 0 Å². The third kappa shape index (κ3) is 2.19. The lowest BCUT2D eigenvalue weighted by molar-refractivity contribution is 0.0969. The van der Waals surface area contributed by atoms with E-state index < -0.39 is 0 Å². The largest absolute Gasteiger partial charge is 0.317 e. The van der Waals surface area contributed by atoms with Gasteiger partial charge >= 0.3 is 0 Å². The number of nitrogens with zero attached hydrogens (tertiary/aromatic N) is 2. The van der Waals surface area contributed by atoms with Gasteiger partial charge in [0.05, 0.1) is 17.5 Å². The maximum absolute atomic E-state index is 12.3. The van der Waals surface area contributed by atoms with Crippen LogP contribution in [0.5, 0.6) is 0 Å². The molecule has 6 heteroatoms. The molecule has 2 fully saturated rings. The highest BCUT2D eigenvalue weighted by atomic mass is 16.1. The summed E-state index contributed by atoms with van der Waals surface area (Å²) in [4.78, 5) is 27.1. The molecule has 4 rings (SSSR count). The number of piperidine rings is 1. The number of Topliss-reactive ketones (excluding diaryl/α,β-unsaturated/α-hetero) is 1. The van der Waals surface area contributed by atoms with Crippen LogP contribution in [0.2, 0.25) is 0 Å². The van der Waals surface area contributed by atoms with Crippen LogP contribution in [0.3, 0.4) is 0 Å². The third-order valence-corrected chi connectivity index (χ3v) is 4.51. The molecule has 2 aromatic heterocycles. The quantitative estimate of drug-likeness (QED) is 0.828. The Hall–Kier alpha value is -1.95. The predicted octanol–water partition coefficient (Wildman–Crippen LogP) is 1.08. The van der Waals surface area contributed by atoms with Gasteiger partial charge in [0.25, 0.3) is 5.56 Å². The fraction of sp³-hybridized carbons (Fsp3) is 0.533. The molecule has 2 aromatic rings. The van der Waals surface area contributed by atoms with Crippen molar-refractivity contribution < 1.29 is 4.79 Å². The first-order chi connectivity index (χ1) is 10.2. The highest BCUT2D eigenvalue weighted by Crippen LogP contribution is 2.33. The molecule has 6 nitrogen and oxygen atoms in total. The number of aromatic amines is 1. The minimum Gasteiger partial charge on any atom is -0.317 e. The Labute approximate surface area is 121 Å². The van der Waals surface area contributed by atoms with Gasteiger partial charge < -0.3 is 10.3 Å². The summed E-state index contributed by atoms with van der Waals surface area (Å²) in [6.45, 7) is 1.90. The molecule has 0 unspecified atom stereocenters. The first-order valence-electron chi connectivity index (χ1n) is 7.60. The van der Waals surface area contributed by atoms with Crippen molar-refractivity contribution in [3.63, 3.8) is 0 Å². The molecule has 0 aromatic carbocycles. The van der Waals surface area contributed by atoms with Gasteiger partial charge in [-0.05, 0) is 38.8 Å². The number of ketones is 1. The molecule has 21 heavy (non-hydrogen) atoms. The van der Waals surface area contributed by atoms with Crippen LogP contribution in [0.4, 0.5) is 0 Å². The molecule has 0 radical (unpaired) electrons. The maximum atomic E-state index is 12.3. The topological polar surface area (TPSA) is 79.3 Å². The van der Waals surface area contributed by atoms with E-state index in [-0.39, 0.29) is 17.3 Å². The molecule has 0 amide bonds. The van der Waals surface area contributed by atoms with E-state index in [2.05, 4.69) is 15.4 Å². The van der Waals surface area contributed by atoms with Crippen LogP contribution in [0.25, 0.3) is 5.65 Å². The van der Waals surface area contributed by atoms with Crippen LogP contribution in [-0.2, 0) is 0 Å². The zero-order valence-corrected chi connectivity index (χ0v) is 11.8. The van der Waals surface area contributed by atoms with Crippen molar-refractivity contribution in [2.24, 2.45) is 5.92 Å². The van der Waals surface area contributed by atoms with Gasteiger partial charge in [-0.1, -0.05) is 0 Å². The smallest absolute Gasteiger partial charge is 0.251 e. The lowest BCUT2D eigenvalue weighted by Crippen LogP contribution is -2.28. The van der Waals surface area contributed by atoms with Gasteiger partial charge in [-0.25, -0.2) is 4.52 Å². The van der Waals surface area contributed by atoms with E-state index in [1.165, 1.54) is 0 Å². The second-order valence-electron chi connectivity index (χ2n) is 6.04. The second kappa shape index (κ2) is 4.80. The zero-order chi connectivity index (χ0) is 14.4. The van der Waals surface area contributed by atoms with E-state index in [0.29, 0.717) is 17.1 Å². The van der Waals surface area contributed by atoms with Gasteiger partial charge in [-0.3, -0.25) is 9.59 Å². The van der Waals surface area contributed by atoms with Crippen molar-refractivity contribution in [2.75, 3.05) is 13.1 Å². The summed E-state index contributed by atoms with van der Waals surface area (Å²) in [6.07, 6.45) is 5.49. The van der Waals surface area contributed by atoms with Gasteiger partial charge in [0.15, 0.2) is 5.78 Å². The molecular formula is C15H18N4O2. The van der Waals surface area contributed by atoms with Crippen LogP contribution in [0, 0.1) is 5.92 Å². The average Bonchev–Trinajstić information content (AvgIpc) is 3.27. The van der Waals surface area contributed by atoms with E-state index in [1.807, 2.05) is 0 Å². The minimum atomic E-state index is -0.152. The Morgan fingerprint density at radius 1 is 1.24 bits per heavy atom. The number of nitrogens with one attached hydrogen (secondary N) is 2. The van der Waals surface area contributed by atoms with E-state index in [9.17, 15) is 9.59 Å². The van der Waals surface area contributed by atoms with Gasteiger partial charge in [0.1, 0.15) is 5.65 Å². The van der Waals surface area contributed by atoms with Gasteiger partial charge in [0, 0.05) is 17.9 Å². The van der Waals surface area contributed by atoms with Gasteiger partial charge in [0.2, 0.25) is 0 Å². The number of rotatable bonds is 3. The monoisotopic (exact) mass is 286 g/mol. The van der Waals surface area contributed by atoms with Crippen molar-refractivity contribution in [2.45, 2.75) is 31.6 Å². The first kappa shape index (κ1) is 12.8. The van der Waals surface area contributed by atoms with Crippen molar-refractivity contribution >= 4 is 11.4 Å². The SMILES string of the molecule is O=C(c1cnn2c(C3CCNCC3)cc(=O)[nH]c12)C1CC1. The predicted molar refractivity (Wildman–Crippen MR) is 77.7 cm³/mol. The molecule has 3 heterocycles. The summed E-state index contributed by atoms with van der Waals surface area (Å²) >= 11 is 0. The van der Waals surface area contributed by atoms with Crippen LogP contribution in [0.15, 0.2) is 17.1 Å². The highest BCUT2D eigenvalue weighted by molar-refractivity contribution is 6.03. The summed E-state index contributed by atoms with van der Waals surface area (Å²) < 4.78 is 1.76. The van der Waals surface area contributed by atoms with Crippen LogP contribution in [-0.4, -0.2) is 33.5 Å². The zero-order valence-electron chi connectivity index (χ0n) is 11.8. The summed E-state index contributed by atoms with van der Waals surface area (Å²) in [5.41, 5.74) is 1.89. The van der Waals surface area contributed by atoms with Gasteiger partial charge in [-0.2, -0.15) is 5.10 Å². The van der Waals surface area contributed by atoms with Crippen molar-refractivity contribution in [1.29, 1.82) is 0 Å². The van der Waals surface area contributed by atoms with E-state index in [1.54, 1.807) is 16.8 Å². The molecule has 0 bridgehead atoms. The Kier molecular flexibility index (Phi) is 2.92. The molecular weight excluding hydrogens is 268 g/mol. The van der Waals surface area contributed by atoms with Crippen LogP contribution < -0.4 is 10.9 Å². The highest BCUT2D eigenvalue weighted by Gasteiger charge is 2.33. The molecule has 0 spiro atoms. The summed E-state index contributed by atoms with van der Waals surface area (Å²) in [7, 11) is 0. The molecule has 1 saturated carbocycles. The maximum Gasteiger partial charge on any atom is 0.251 e. The molecule has 2 N–H and O–H groups in total. The Bertz CT molecular complexity index is 751. The standard InChI is InChI=1S/C15H18N4O2/c20-13-7-12(9-3-5-16-6-4-9)19-15(18-13)11(8-17-19)14(21)10-1-2-10/h7-10,16H,1-6H2,(H,18,20). The van der Waals surface area contributed by atoms with Crippen LogP contribution >= 0.6 is 0 Å². The van der Waals surface area contributed by atoms with E-state index >= 15 is 0 Å². The van der Waals surface area contributed by atoms with E-state index in [4.69, 9.17) is 0 Å². The number of carbonyl (C=O) groups excluding carboxylic acids is 1. The molecule has 2 aliphatic rings. The molecule has 1 aliphatic heterocycles. The fourth-order valence-electron chi connectivity index (χ4n) is 3.17. The van der Waals surface area contributed by atoms with Crippen molar-refractivity contribution in [1.82, 2.24) is 19.9 Å². The second-order valence-corrected chi connectivity index (χ2v) is 6.04. The average molecular weight is 286 g/mol. The molecule has 0 atom stereocenters. The summed E-state index contributed by atoms with van der Waals surface area (Å²) in [6, 6.07) is 1.63. The number of H-pyrrole nitrogens is 1. The number of carbonyl (C=O) groups is 1. The van der Waals surface area contributed by atoms with E-state index in [0.717, 1.165) is 44.5 Å². The van der Waals surface area contributed by atoms with Crippen molar-refractivity contribution in [3.05, 3.63) is 33.9 Å². The number of hydrogen-bond acceptors (Lipinski definition) is 4. The van der Waals surface area contributed by atoms with Crippen LogP contribution in [0.1, 0.15) is 47.7 Å². The fourth-order valence-corrected chi connectivity index (χ4v) is 3.17. The van der Waals surface area contributed by atoms with Gasteiger partial charge in [-0.15, -0.1) is 0 Å². The summed E-state index contributed by atoms with van der Waals surface area (Å²) in [5.74, 6) is 0.562. The third-order valence-electron chi connectivity index (χ3n) is 4.51. The number of aromatic nitrogens is 3. The number of fused-ring (bicyclic) bond motifs is 1. The Balaban J connectivity index is 1.83.